The highest BCUT2D eigenvalue weighted by molar-refractivity contribution is 5.03. The maximum absolute atomic E-state index is 5.05. The van der Waals surface area contributed by atoms with E-state index < -0.39 is 0 Å². The molecule has 70 valence electrons. The quantitative estimate of drug-likeness (QED) is 0.545. The van der Waals surface area contributed by atoms with Crippen LogP contribution in [-0.4, -0.2) is 16.7 Å². The Hall–Kier alpha value is -1.16. The van der Waals surface area contributed by atoms with E-state index >= 15 is 0 Å². The third kappa shape index (κ3) is 2.15. The van der Waals surface area contributed by atoms with Gasteiger partial charge < -0.3 is 9.84 Å². The molecule has 0 saturated heterocycles. The molecule has 4 heteroatoms. The lowest BCUT2D eigenvalue weighted by Gasteiger charge is -1.93. The largest absolute Gasteiger partial charge is 0.338 e. The number of hydrogen-bond acceptors (Lipinski definition) is 4. The van der Waals surface area contributed by atoms with E-state index in [9.17, 15) is 0 Å². The summed E-state index contributed by atoms with van der Waals surface area (Å²) in [6.45, 7) is 5.00. The number of hydrogen-bond donors (Lipinski definition) is 1. The number of nitrogens with zero attached hydrogens (tertiary/aromatic N) is 2. The van der Waals surface area contributed by atoms with Crippen LogP contribution < -0.4 is 5.32 Å². The molecule has 0 unspecified atom stereocenters. The molecule has 0 spiro atoms. The van der Waals surface area contributed by atoms with Crippen LogP contribution in [0.4, 0.5) is 0 Å². The highest BCUT2D eigenvalue weighted by Crippen LogP contribution is 2.37. The minimum Gasteiger partial charge on any atom is -0.338 e. The molecule has 1 heterocycles. The van der Waals surface area contributed by atoms with Crippen LogP contribution >= 0.6 is 0 Å². The highest BCUT2D eigenvalue weighted by atomic mass is 16.5. The van der Waals surface area contributed by atoms with E-state index in [1.807, 2.05) is 0 Å². The fraction of sp³-hybridized carbons (Fsp3) is 0.556. The lowest BCUT2D eigenvalue weighted by molar-refractivity contribution is 0.365. The second kappa shape index (κ2) is 3.70. The molecule has 1 aliphatic rings. The maximum Gasteiger partial charge on any atom is 0.240 e. The molecule has 1 fully saturated rings. The van der Waals surface area contributed by atoms with E-state index in [1.165, 1.54) is 12.8 Å². The van der Waals surface area contributed by atoms with Crippen LogP contribution in [0.1, 0.15) is 30.5 Å². The van der Waals surface area contributed by atoms with Crippen LogP contribution in [0.15, 0.2) is 17.2 Å². The maximum atomic E-state index is 5.05. The normalized spacial score (nSPS) is 16.0. The summed E-state index contributed by atoms with van der Waals surface area (Å²) in [6, 6.07) is 0. The molecule has 2 rings (SSSR count). The van der Waals surface area contributed by atoms with Crippen molar-refractivity contribution in [3.8, 4) is 0 Å². The van der Waals surface area contributed by atoms with Gasteiger partial charge in [0, 0.05) is 12.5 Å². The monoisotopic (exact) mass is 179 g/mol. The lowest BCUT2D eigenvalue weighted by Crippen LogP contribution is -2.12. The van der Waals surface area contributed by atoms with Crippen molar-refractivity contribution in [3.05, 3.63) is 24.4 Å². The van der Waals surface area contributed by atoms with Crippen molar-refractivity contribution >= 4 is 0 Å². The third-order valence-electron chi connectivity index (χ3n) is 1.99. The van der Waals surface area contributed by atoms with E-state index in [1.54, 1.807) is 6.08 Å². The fourth-order valence-corrected chi connectivity index (χ4v) is 1.13. The molecule has 0 atom stereocenters. The Morgan fingerprint density at radius 3 is 3.15 bits per heavy atom. The molecule has 1 aliphatic carbocycles. The fourth-order valence-electron chi connectivity index (χ4n) is 1.13. The lowest BCUT2D eigenvalue weighted by atomic mass is 10.4. The van der Waals surface area contributed by atoms with Crippen molar-refractivity contribution in [2.24, 2.45) is 0 Å². The van der Waals surface area contributed by atoms with Gasteiger partial charge >= 0.3 is 0 Å². The predicted octanol–water partition coefficient (Wildman–Crippen LogP) is 1.22. The summed E-state index contributed by atoms with van der Waals surface area (Å²) in [5.74, 6) is 2.11. The first-order chi connectivity index (χ1) is 6.40. The Balaban J connectivity index is 1.85. The summed E-state index contributed by atoms with van der Waals surface area (Å²) in [7, 11) is 0. The van der Waals surface area contributed by atoms with E-state index in [-0.39, 0.29) is 0 Å². The van der Waals surface area contributed by atoms with Crippen molar-refractivity contribution in [2.75, 3.05) is 6.54 Å². The zero-order chi connectivity index (χ0) is 9.10. The molecule has 0 aromatic carbocycles. The average Bonchev–Trinajstić information content (AvgIpc) is 2.88. The second-order valence-electron chi connectivity index (χ2n) is 3.24. The summed E-state index contributed by atoms with van der Waals surface area (Å²) in [4.78, 5) is 4.27. The van der Waals surface area contributed by atoms with Gasteiger partial charge in [-0.15, -0.1) is 6.58 Å². The Morgan fingerprint density at radius 2 is 2.46 bits per heavy atom. The molecule has 1 aromatic rings. The Kier molecular flexibility index (Phi) is 2.40. The van der Waals surface area contributed by atoms with Gasteiger partial charge in [-0.2, -0.15) is 4.98 Å². The van der Waals surface area contributed by atoms with Crippen molar-refractivity contribution in [1.82, 2.24) is 15.5 Å². The van der Waals surface area contributed by atoms with E-state index in [0.29, 0.717) is 18.4 Å². The van der Waals surface area contributed by atoms with Crippen molar-refractivity contribution in [2.45, 2.75) is 25.3 Å². The smallest absolute Gasteiger partial charge is 0.240 e. The van der Waals surface area contributed by atoms with Crippen LogP contribution in [0.25, 0.3) is 0 Å². The molecular formula is C9H13N3O. The standard InChI is InChI=1S/C9H13N3O/c1-2-5-10-6-8-11-9(12-13-8)7-3-4-7/h2,7,10H,1,3-6H2. The highest BCUT2D eigenvalue weighted by Gasteiger charge is 2.28. The van der Waals surface area contributed by atoms with Crippen molar-refractivity contribution in [3.63, 3.8) is 0 Å². The van der Waals surface area contributed by atoms with Gasteiger partial charge in [0.1, 0.15) is 0 Å². The van der Waals surface area contributed by atoms with Gasteiger partial charge in [-0.05, 0) is 12.8 Å². The predicted molar refractivity (Wildman–Crippen MR) is 48.2 cm³/mol. The number of aromatic nitrogens is 2. The van der Waals surface area contributed by atoms with Gasteiger partial charge in [-0.3, -0.25) is 0 Å². The molecule has 0 amide bonds. The third-order valence-corrected chi connectivity index (χ3v) is 1.99. The molecule has 0 aliphatic heterocycles. The number of rotatable bonds is 5. The van der Waals surface area contributed by atoms with Crippen LogP contribution in [-0.2, 0) is 6.54 Å². The van der Waals surface area contributed by atoms with E-state index in [0.717, 1.165) is 12.4 Å². The molecule has 0 bridgehead atoms. The van der Waals surface area contributed by atoms with Gasteiger partial charge in [0.2, 0.25) is 5.89 Å². The van der Waals surface area contributed by atoms with Crippen LogP contribution in [0, 0.1) is 0 Å². The van der Waals surface area contributed by atoms with Crippen LogP contribution in [0.2, 0.25) is 0 Å². The first-order valence-electron chi connectivity index (χ1n) is 4.54. The summed E-state index contributed by atoms with van der Waals surface area (Å²) >= 11 is 0. The first-order valence-corrected chi connectivity index (χ1v) is 4.54. The SMILES string of the molecule is C=CCNCc1nc(C2CC2)no1. The Morgan fingerprint density at radius 1 is 1.62 bits per heavy atom. The molecule has 0 radical (unpaired) electrons. The Labute approximate surface area is 77.0 Å². The minimum absolute atomic E-state index is 0.567. The topological polar surface area (TPSA) is 51.0 Å². The average molecular weight is 179 g/mol. The van der Waals surface area contributed by atoms with Crippen LogP contribution in [0.3, 0.4) is 0 Å². The van der Waals surface area contributed by atoms with Crippen molar-refractivity contribution < 1.29 is 4.52 Å². The summed E-state index contributed by atoms with van der Waals surface area (Å²) in [6.07, 6.45) is 4.22. The van der Waals surface area contributed by atoms with Gasteiger partial charge in [-0.25, -0.2) is 0 Å². The van der Waals surface area contributed by atoms with E-state index in [4.69, 9.17) is 4.52 Å². The van der Waals surface area contributed by atoms with Gasteiger partial charge in [0.25, 0.3) is 0 Å². The molecular weight excluding hydrogens is 166 g/mol. The van der Waals surface area contributed by atoms with Gasteiger partial charge in [-0.1, -0.05) is 11.2 Å². The number of nitrogens with one attached hydrogen (secondary N) is 1. The molecule has 13 heavy (non-hydrogen) atoms. The minimum atomic E-state index is 0.567. The second-order valence-corrected chi connectivity index (χ2v) is 3.24. The molecule has 1 N–H and O–H groups in total. The molecule has 1 aromatic heterocycles. The zero-order valence-electron chi connectivity index (χ0n) is 7.49. The Bertz CT molecular complexity index is 291. The zero-order valence-corrected chi connectivity index (χ0v) is 7.49. The molecule has 1 saturated carbocycles. The van der Waals surface area contributed by atoms with Gasteiger partial charge in [0.15, 0.2) is 5.82 Å². The summed E-state index contributed by atoms with van der Waals surface area (Å²) in [5.41, 5.74) is 0. The van der Waals surface area contributed by atoms with Crippen LogP contribution in [0.5, 0.6) is 0 Å². The van der Waals surface area contributed by atoms with E-state index in [2.05, 4.69) is 22.0 Å². The first kappa shape index (κ1) is 8.44. The molecule has 4 nitrogen and oxygen atoms in total. The summed E-state index contributed by atoms with van der Waals surface area (Å²) in [5, 5.41) is 7.01. The summed E-state index contributed by atoms with van der Waals surface area (Å²) < 4.78 is 5.05. The van der Waals surface area contributed by atoms with Gasteiger partial charge in [0.05, 0.1) is 6.54 Å². The van der Waals surface area contributed by atoms with Crippen molar-refractivity contribution in [1.29, 1.82) is 0 Å².